The SMILES string of the molecule is CCc1cnc(NC(=O)NC(C)CN2CCCC2=O)s1. The minimum atomic E-state index is -0.277. The maximum absolute atomic E-state index is 11.8. The van der Waals surface area contributed by atoms with Crippen LogP contribution in [0, 0.1) is 0 Å². The van der Waals surface area contributed by atoms with E-state index in [1.807, 2.05) is 13.8 Å². The second-order valence-corrected chi connectivity index (χ2v) is 6.04. The van der Waals surface area contributed by atoms with Crippen LogP contribution in [0.4, 0.5) is 9.93 Å². The Bertz CT molecular complexity index is 488. The van der Waals surface area contributed by atoms with Crippen LogP contribution in [-0.4, -0.2) is 41.0 Å². The van der Waals surface area contributed by atoms with Crippen molar-refractivity contribution in [1.82, 2.24) is 15.2 Å². The molecule has 1 unspecified atom stereocenters. The van der Waals surface area contributed by atoms with E-state index in [0.29, 0.717) is 18.1 Å². The maximum Gasteiger partial charge on any atom is 0.321 e. The van der Waals surface area contributed by atoms with Gasteiger partial charge in [-0.25, -0.2) is 9.78 Å². The van der Waals surface area contributed by atoms with Gasteiger partial charge in [0.2, 0.25) is 5.91 Å². The summed E-state index contributed by atoms with van der Waals surface area (Å²) in [6.45, 7) is 5.29. The fraction of sp³-hybridized carbons (Fsp3) is 0.615. The number of nitrogens with zero attached hydrogens (tertiary/aromatic N) is 2. The number of thiazole rings is 1. The fourth-order valence-corrected chi connectivity index (χ4v) is 2.91. The van der Waals surface area contributed by atoms with E-state index in [1.54, 1.807) is 11.1 Å². The van der Waals surface area contributed by atoms with E-state index in [1.165, 1.54) is 11.3 Å². The van der Waals surface area contributed by atoms with E-state index in [2.05, 4.69) is 15.6 Å². The monoisotopic (exact) mass is 296 g/mol. The molecule has 1 atom stereocenters. The number of hydrogen-bond donors (Lipinski definition) is 2. The number of likely N-dealkylation sites (tertiary alicyclic amines) is 1. The topological polar surface area (TPSA) is 74.3 Å². The van der Waals surface area contributed by atoms with E-state index >= 15 is 0 Å². The summed E-state index contributed by atoms with van der Waals surface area (Å²) in [4.78, 5) is 30.4. The van der Waals surface area contributed by atoms with Gasteiger partial charge in [-0.1, -0.05) is 6.92 Å². The van der Waals surface area contributed by atoms with Gasteiger partial charge >= 0.3 is 6.03 Å². The molecule has 0 aromatic carbocycles. The van der Waals surface area contributed by atoms with Crippen molar-refractivity contribution < 1.29 is 9.59 Å². The van der Waals surface area contributed by atoms with Crippen molar-refractivity contribution in [3.63, 3.8) is 0 Å². The number of nitrogens with one attached hydrogen (secondary N) is 2. The summed E-state index contributed by atoms with van der Waals surface area (Å²) in [5, 5.41) is 6.14. The molecule has 20 heavy (non-hydrogen) atoms. The Labute approximate surface area is 122 Å². The third kappa shape index (κ3) is 3.93. The molecule has 3 amide bonds. The van der Waals surface area contributed by atoms with Crippen LogP contribution in [0.25, 0.3) is 0 Å². The highest BCUT2D eigenvalue weighted by Gasteiger charge is 2.22. The average molecular weight is 296 g/mol. The number of aryl methyl sites for hydroxylation is 1. The van der Waals surface area contributed by atoms with Crippen molar-refractivity contribution in [2.45, 2.75) is 39.2 Å². The largest absolute Gasteiger partial charge is 0.341 e. The molecular weight excluding hydrogens is 276 g/mol. The fourth-order valence-electron chi connectivity index (χ4n) is 2.16. The number of amides is 3. The van der Waals surface area contributed by atoms with Crippen molar-refractivity contribution in [1.29, 1.82) is 0 Å². The summed E-state index contributed by atoms with van der Waals surface area (Å²) in [6, 6.07) is -0.358. The Kier molecular flexibility index (Phi) is 4.94. The lowest BCUT2D eigenvalue weighted by Crippen LogP contribution is -2.44. The number of urea groups is 1. The van der Waals surface area contributed by atoms with Crippen molar-refractivity contribution >= 4 is 28.4 Å². The Morgan fingerprint density at radius 3 is 3.00 bits per heavy atom. The minimum absolute atomic E-state index is 0.0809. The molecule has 0 aliphatic carbocycles. The van der Waals surface area contributed by atoms with Crippen LogP contribution in [0.1, 0.15) is 31.6 Å². The number of anilines is 1. The Balaban J connectivity index is 1.77. The first-order valence-corrected chi connectivity index (χ1v) is 7.70. The molecule has 1 aliphatic heterocycles. The van der Waals surface area contributed by atoms with Gasteiger partial charge in [-0.15, -0.1) is 11.3 Å². The maximum atomic E-state index is 11.8. The highest BCUT2D eigenvalue weighted by atomic mass is 32.1. The van der Waals surface area contributed by atoms with E-state index in [0.717, 1.165) is 24.3 Å². The summed E-state index contributed by atoms with van der Waals surface area (Å²) in [7, 11) is 0. The zero-order chi connectivity index (χ0) is 14.5. The minimum Gasteiger partial charge on any atom is -0.341 e. The quantitative estimate of drug-likeness (QED) is 0.870. The lowest BCUT2D eigenvalue weighted by molar-refractivity contribution is -0.127. The van der Waals surface area contributed by atoms with Gasteiger partial charge in [-0.2, -0.15) is 0 Å². The zero-order valence-corrected chi connectivity index (χ0v) is 12.6. The first-order valence-electron chi connectivity index (χ1n) is 6.88. The van der Waals surface area contributed by atoms with Crippen LogP contribution < -0.4 is 10.6 Å². The summed E-state index contributed by atoms with van der Waals surface area (Å²) < 4.78 is 0. The third-order valence-electron chi connectivity index (χ3n) is 3.17. The van der Waals surface area contributed by atoms with E-state index < -0.39 is 0 Å². The molecule has 1 fully saturated rings. The molecule has 2 N–H and O–H groups in total. The van der Waals surface area contributed by atoms with Crippen LogP contribution in [0.5, 0.6) is 0 Å². The highest BCUT2D eigenvalue weighted by molar-refractivity contribution is 7.15. The number of aromatic nitrogens is 1. The van der Waals surface area contributed by atoms with Gasteiger partial charge in [-0.05, 0) is 19.8 Å². The molecular formula is C13H20N4O2S. The van der Waals surface area contributed by atoms with Gasteiger partial charge in [0.15, 0.2) is 5.13 Å². The van der Waals surface area contributed by atoms with Crippen LogP contribution in [-0.2, 0) is 11.2 Å². The molecule has 1 aromatic heterocycles. The molecule has 0 spiro atoms. The van der Waals surface area contributed by atoms with Crippen LogP contribution >= 0.6 is 11.3 Å². The molecule has 1 aromatic rings. The van der Waals surface area contributed by atoms with Crippen molar-refractivity contribution in [3.8, 4) is 0 Å². The van der Waals surface area contributed by atoms with Crippen molar-refractivity contribution in [2.24, 2.45) is 0 Å². The zero-order valence-electron chi connectivity index (χ0n) is 11.8. The number of rotatable bonds is 5. The molecule has 1 saturated heterocycles. The molecule has 110 valence electrons. The van der Waals surface area contributed by atoms with Crippen molar-refractivity contribution in [2.75, 3.05) is 18.4 Å². The molecule has 6 nitrogen and oxygen atoms in total. The predicted molar refractivity (Wildman–Crippen MR) is 78.9 cm³/mol. The second kappa shape index (κ2) is 6.69. The highest BCUT2D eigenvalue weighted by Crippen LogP contribution is 2.18. The molecule has 7 heteroatoms. The Morgan fingerprint density at radius 1 is 1.60 bits per heavy atom. The number of hydrogen-bond acceptors (Lipinski definition) is 4. The number of carbonyl (C=O) groups is 2. The van der Waals surface area contributed by atoms with Crippen LogP contribution in [0.3, 0.4) is 0 Å². The normalized spacial score (nSPS) is 16.3. The Morgan fingerprint density at radius 2 is 2.40 bits per heavy atom. The van der Waals surface area contributed by atoms with E-state index in [4.69, 9.17) is 0 Å². The molecule has 2 rings (SSSR count). The molecule has 0 bridgehead atoms. The van der Waals surface area contributed by atoms with Gasteiger partial charge in [0.05, 0.1) is 0 Å². The molecule has 0 saturated carbocycles. The summed E-state index contributed by atoms with van der Waals surface area (Å²) in [6.07, 6.45) is 4.22. The third-order valence-corrected chi connectivity index (χ3v) is 4.22. The number of carbonyl (C=O) groups excluding carboxylic acids is 2. The smallest absolute Gasteiger partial charge is 0.321 e. The summed E-state index contributed by atoms with van der Waals surface area (Å²) in [5.74, 6) is 0.173. The first-order chi connectivity index (χ1) is 9.58. The van der Waals surface area contributed by atoms with Gasteiger partial charge in [0.1, 0.15) is 0 Å². The summed E-state index contributed by atoms with van der Waals surface area (Å²) >= 11 is 1.47. The first kappa shape index (κ1) is 14.8. The second-order valence-electron chi connectivity index (χ2n) is 4.93. The molecule has 0 radical (unpaired) electrons. The van der Waals surface area contributed by atoms with Gasteiger partial charge in [0.25, 0.3) is 0 Å². The van der Waals surface area contributed by atoms with Crippen LogP contribution in [0.15, 0.2) is 6.20 Å². The van der Waals surface area contributed by atoms with Crippen molar-refractivity contribution in [3.05, 3.63) is 11.1 Å². The standard InChI is InChI=1S/C13H20N4O2S/c1-3-10-7-14-13(20-10)16-12(19)15-9(2)8-17-6-4-5-11(17)18/h7,9H,3-6,8H2,1-2H3,(H2,14,15,16,19). The lowest BCUT2D eigenvalue weighted by Gasteiger charge is -2.21. The Hall–Kier alpha value is -1.63. The predicted octanol–water partition coefficient (Wildman–Crippen LogP) is 1.84. The van der Waals surface area contributed by atoms with Gasteiger partial charge in [-0.3, -0.25) is 10.1 Å². The van der Waals surface area contributed by atoms with Gasteiger partial charge in [0, 0.05) is 36.6 Å². The molecule has 2 heterocycles. The van der Waals surface area contributed by atoms with Crippen LogP contribution in [0.2, 0.25) is 0 Å². The average Bonchev–Trinajstić information content (AvgIpc) is 2.99. The summed E-state index contributed by atoms with van der Waals surface area (Å²) in [5.41, 5.74) is 0. The molecule has 1 aliphatic rings. The van der Waals surface area contributed by atoms with Gasteiger partial charge < -0.3 is 10.2 Å². The lowest BCUT2D eigenvalue weighted by atomic mass is 10.3. The van der Waals surface area contributed by atoms with E-state index in [9.17, 15) is 9.59 Å². The van der Waals surface area contributed by atoms with E-state index in [-0.39, 0.29) is 18.0 Å².